The lowest BCUT2D eigenvalue weighted by Crippen LogP contribution is -2.21. The lowest BCUT2D eigenvalue weighted by Gasteiger charge is -2.02. The first-order valence-electron chi connectivity index (χ1n) is 5.31. The summed E-state index contributed by atoms with van der Waals surface area (Å²) in [7, 11) is 0. The molecule has 0 spiro atoms. The van der Waals surface area contributed by atoms with Gasteiger partial charge in [-0.3, -0.25) is 0 Å². The summed E-state index contributed by atoms with van der Waals surface area (Å²) in [5.74, 6) is -0.603. The average molecular weight is 230 g/mol. The predicted octanol–water partition coefficient (Wildman–Crippen LogP) is 2.11. The summed E-state index contributed by atoms with van der Waals surface area (Å²) in [6.45, 7) is 5.64. The molecule has 17 heavy (non-hydrogen) atoms. The molecular formula is C13H14N2O2. The van der Waals surface area contributed by atoms with Gasteiger partial charge in [-0.05, 0) is 18.1 Å². The van der Waals surface area contributed by atoms with Gasteiger partial charge in [0.05, 0.1) is 13.0 Å². The van der Waals surface area contributed by atoms with Gasteiger partial charge in [-0.15, -0.1) is 0 Å². The van der Waals surface area contributed by atoms with E-state index in [-0.39, 0.29) is 18.7 Å². The quantitative estimate of drug-likeness (QED) is 0.336. The Morgan fingerprint density at radius 3 is 2.82 bits per heavy atom. The molecule has 0 N–H and O–H groups in total. The molecule has 4 heteroatoms. The third-order valence-corrected chi connectivity index (χ3v) is 2.26. The Bertz CT molecular complexity index is 474. The van der Waals surface area contributed by atoms with Crippen molar-refractivity contribution in [2.24, 2.45) is 0 Å². The summed E-state index contributed by atoms with van der Waals surface area (Å²) in [4.78, 5) is 14.4. The minimum atomic E-state index is -0.603. The first-order valence-corrected chi connectivity index (χ1v) is 5.31. The zero-order chi connectivity index (χ0) is 12.7. The SMILES string of the molecule is C=Cc1ccccc1CC(=[N+]=[N-])C(=O)OCC. The zero-order valence-electron chi connectivity index (χ0n) is 9.72. The van der Waals surface area contributed by atoms with Crippen LogP contribution in [-0.2, 0) is 16.0 Å². The number of rotatable bonds is 5. The zero-order valence-corrected chi connectivity index (χ0v) is 9.72. The lowest BCUT2D eigenvalue weighted by atomic mass is 10.0. The van der Waals surface area contributed by atoms with Gasteiger partial charge in [0.25, 0.3) is 0 Å². The van der Waals surface area contributed by atoms with Crippen molar-refractivity contribution in [3.05, 3.63) is 47.5 Å². The third kappa shape index (κ3) is 3.40. The van der Waals surface area contributed by atoms with Gasteiger partial charge in [0.2, 0.25) is 0 Å². The molecule has 0 saturated carbocycles. The molecule has 4 nitrogen and oxygen atoms in total. The highest BCUT2D eigenvalue weighted by Crippen LogP contribution is 2.11. The second kappa shape index (κ2) is 6.40. The second-order valence-corrected chi connectivity index (χ2v) is 3.35. The van der Waals surface area contributed by atoms with E-state index in [2.05, 4.69) is 11.4 Å². The van der Waals surface area contributed by atoms with Gasteiger partial charge in [-0.2, -0.15) is 4.79 Å². The predicted molar refractivity (Wildman–Crippen MR) is 65.5 cm³/mol. The molecule has 0 unspecified atom stereocenters. The first kappa shape index (κ1) is 12.9. The molecule has 0 heterocycles. The molecule has 0 aliphatic rings. The van der Waals surface area contributed by atoms with E-state index in [1.165, 1.54) is 0 Å². The van der Waals surface area contributed by atoms with E-state index in [1.807, 2.05) is 24.3 Å². The number of nitrogens with zero attached hydrogens (tertiary/aromatic N) is 2. The fraction of sp³-hybridized carbons (Fsp3) is 0.231. The smallest absolute Gasteiger partial charge is 0.417 e. The highest BCUT2D eigenvalue weighted by atomic mass is 16.5. The monoisotopic (exact) mass is 230 g/mol. The lowest BCUT2D eigenvalue weighted by molar-refractivity contribution is -0.140. The van der Waals surface area contributed by atoms with Crippen molar-refractivity contribution >= 4 is 17.8 Å². The van der Waals surface area contributed by atoms with Crippen LogP contribution in [0.15, 0.2) is 30.8 Å². The van der Waals surface area contributed by atoms with Crippen molar-refractivity contribution in [2.45, 2.75) is 13.3 Å². The number of benzene rings is 1. The Balaban J connectivity index is 2.92. The maximum absolute atomic E-state index is 11.4. The molecule has 1 aromatic rings. The summed E-state index contributed by atoms with van der Waals surface area (Å²) in [5, 5.41) is 0. The summed E-state index contributed by atoms with van der Waals surface area (Å²) in [5.41, 5.74) is 10.6. The van der Waals surface area contributed by atoms with Crippen molar-refractivity contribution in [1.29, 1.82) is 0 Å². The molecule has 0 saturated heterocycles. The van der Waals surface area contributed by atoms with E-state index in [1.54, 1.807) is 13.0 Å². The summed E-state index contributed by atoms with van der Waals surface area (Å²) in [6.07, 6.45) is 1.91. The second-order valence-electron chi connectivity index (χ2n) is 3.35. The summed E-state index contributed by atoms with van der Waals surface area (Å²) >= 11 is 0. The number of hydrogen-bond acceptors (Lipinski definition) is 2. The normalized spacial score (nSPS) is 9.24. The number of esters is 1. The van der Waals surface area contributed by atoms with Crippen LogP contribution >= 0.6 is 0 Å². The minimum Gasteiger partial charge on any atom is -0.457 e. The van der Waals surface area contributed by atoms with E-state index in [9.17, 15) is 4.79 Å². The van der Waals surface area contributed by atoms with E-state index in [0.717, 1.165) is 11.1 Å². The van der Waals surface area contributed by atoms with E-state index >= 15 is 0 Å². The molecule has 0 bridgehead atoms. The standard InChI is InChI=1S/C13H14N2O2/c1-3-10-7-5-6-8-11(10)9-12(15-14)13(16)17-4-2/h3,5-8H,1,4,9H2,2H3. The van der Waals surface area contributed by atoms with E-state index in [4.69, 9.17) is 10.3 Å². The highest BCUT2D eigenvalue weighted by Gasteiger charge is 2.22. The van der Waals surface area contributed by atoms with Gasteiger partial charge >= 0.3 is 11.7 Å². The fourth-order valence-corrected chi connectivity index (χ4v) is 1.44. The Morgan fingerprint density at radius 1 is 1.53 bits per heavy atom. The van der Waals surface area contributed by atoms with Crippen LogP contribution in [0.2, 0.25) is 0 Å². The Morgan fingerprint density at radius 2 is 2.24 bits per heavy atom. The van der Waals surface area contributed by atoms with Gasteiger partial charge in [-0.1, -0.05) is 36.9 Å². The molecule has 0 aromatic heterocycles. The number of ether oxygens (including phenoxy) is 1. The Hall–Kier alpha value is -2.19. The number of hydrogen-bond donors (Lipinski definition) is 0. The maximum Gasteiger partial charge on any atom is 0.417 e. The fourth-order valence-electron chi connectivity index (χ4n) is 1.44. The van der Waals surface area contributed by atoms with Gasteiger partial charge in [0.1, 0.15) is 0 Å². The molecule has 1 aromatic carbocycles. The van der Waals surface area contributed by atoms with Crippen LogP contribution in [0, 0.1) is 0 Å². The molecule has 1 rings (SSSR count). The summed E-state index contributed by atoms with van der Waals surface area (Å²) < 4.78 is 4.79. The van der Waals surface area contributed by atoms with Gasteiger partial charge in [0, 0.05) is 0 Å². The molecular weight excluding hydrogens is 216 g/mol. The molecule has 0 aliphatic heterocycles. The van der Waals surface area contributed by atoms with Crippen molar-refractivity contribution in [3.8, 4) is 0 Å². The molecule has 0 fully saturated rings. The molecule has 0 amide bonds. The van der Waals surface area contributed by atoms with Crippen LogP contribution < -0.4 is 0 Å². The van der Waals surface area contributed by atoms with Crippen molar-refractivity contribution in [3.63, 3.8) is 0 Å². The largest absolute Gasteiger partial charge is 0.457 e. The van der Waals surface area contributed by atoms with Crippen molar-refractivity contribution < 1.29 is 14.3 Å². The van der Waals surface area contributed by atoms with Crippen LogP contribution in [0.3, 0.4) is 0 Å². The van der Waals surface area contributed by atoms with Gasteiger partial charge < -0.3 is 10.3 Å². The van der Waals surface area contributed by atoms with Crippen LogP contribution in [0.5, 0.6) is 0 Å². The van der Waals surface area contributed by atoms with E-state index in [0.29, 0.717) is 0 Å². The highest BCUT2D eigenvalue weighted by molar-refractivity contribution is 6.34. The molecule has 0 atom stereocenters. The molecule has 88 valence electrons. The van der Waals surface area contributed by atoms with Crippen molar-refractivity contribution in [1.82, 2.24) is 0 Å². The summed E-state index contributed by atoms with van der Waals surface area (Å²) in [6, 6.07) is 7.45. The third-order valence-electron chi connectivity index (χ3n) is 2.26. The van der Waals surface area contributed by atoms with Gasteiger partial charge in [0.15, 0.2) is 0 Å². The topological polar surface area (TPSA) is 62.7 Å². The number of carbonyl (C=O) groups is 1. The molecule has 0 radical (unpaired) electrons. The number of carbonyl (C=O) groups excluding carboxylic acids is 1. The van der Waals surface area contributed by atoms with Crippen LogP contribution in [0.4, 0.5) is 0 Å². The van der Waals surface area contributed by atoms with Crippen LogP contribution in [-0.4, -0.2) is 23.1 Å². The Kier molecular flexibility index (Phi) is 4.85. The van der Waals surface area contributed by atoms with E-state index < -0.39 is 5.97 Å². The van der Waals surface area contributed by atoms with Crippen molar-refractivity contribution in [2.75, 3.05) is 6.61 Å². The Labute approximate surface area is 100 Å². The average Bonchev–Trinajstić information content (AvgIpc) is 2.36. The molecule has 0 aliphatic carbocycles. The van der Waals surface area contributed by atoms with Crippen LogP contribution in [0.25, 0.3) is 11.6 Å². The maximum atomic E-state index is 11.4. The first-order chi connectivity index (χ1) is 8.22. The van der Waals surface area contributed by atoms with Gasteiger partial charge in [-0.25, -0.2) is 4.79 Å². The van der Waals surface area contributed by atoms with Crippen LogP contribution in [0.1, 0.15) is 18.1 Å². The minimum absolute atomic E-state index is 0.0128.